The van der Waals surface area contributed by atoms with Crippen LogP contribution in [0.15, 0.2) is 36.7 Å². The van der Waals surface area contributed by atoms with Crippen molar-refractivity contribution in [2.45, 2.75) is 4.90 Å². The van der Waals surface area contributed by atoms with E-state index >= 15 is 0 Å². The molecule has 1 heterocycles. The van der Waals surface area contributed by atoms with Gasteiger partial charge in [0.25, 0.3) is 10.0 Å². The SMILES string of the molecule is COc1cc(NS(=O)(=O)c2cc(Br)sc2Br)ccc1N. The van der Waals surface area contributed by atoms with Crippen molar-refractivity contribution >= 4 is 64.6 Å². The third kappa shape index (κ3) is 3.27. The van der Waals surface area contributed by atoms with Gasteiger partial charge in [-0.05, 0) is 50.1 Å². The van der Waals surface area contributed by atoms with Crippen LogP contribution >= 0.6 is 43.2 Å². The minimum absolute atomic E-state index is 0.171. The number of rotatable bonds is 4. The summed E-state index contributed by atoms with van der Waals surface area (Å²) in [6.07, 6.45) is 0. The molecule has 0 aliphatic carbocycles. The number of ether oxygens (including phenoxy) is 1. The number of hydrogen-bond acceptors (Lipinski definition) is 5. The Labute approximate surface area is 137 Å². The third-order valence-electron chi connectivity index (χ3n) is 2.40. The van der Waals surface area contributed by atoms with Crippen LogP contribution in [-0.2, 0) is 10.0 Å². The van der Waals surface area contributed by atoms with Crippen molar-refractivity contribution in [3.8, 4) is 5.75 Å². The van der Waals surface area contributed by atoms with E-state index in [1.807, 2.05) is 0 Å². The monoisotopic (exact) mass is 440 g/mol. The molecule has 0 fully saturated rings. The number of sulfonamides is 1. The lowest BCUT2D eigenvalue weighted by atomic mass is 10.3. The van der Waals surface area contributed by atoms with Crippen molar-refractivity contribution in [3.63, 3.8) is 0 Å². The first-order valence-electron chi connectivity index (χ1n) is 5.24. The molecule has 0 unspecified atom stereocenters. The Hall–Kier alpha value is -0.770. The molecule has 0 spiro atoms. The maximum atomic E-state index is 12.3. The highest BCUT2D eigenvalue weighted by Gasteiger charge is 2.21. The summed E-state index contributed by atoms with van der Waals surface area (Å²) in [5.41, 5.74) is 6.51. The van der Waals surface area contributed by atoms with Gasteiger partial charge < -0.3 is 10.5 Å². The predicted molar refractivity (Wildman–Crippen MR) is 87.9 cm³/mol. The van der Waals surface area contributed by atoms with Crippen LogP contribution in [0, 0.1) is 0 Å². The van der Waals surface area contributed by atoms with Crippen LogP contribution in [0.5, 0.6) is 5.75 Å². The fourth-order valence-electron chi connectivity index (χ4n) is 1.49. The molecule has 0 aliphatic rings. The molecule has 0 aliphatic heterocycles. The number of anilines is 2. The lowest BCUT2D eigenvalue weighted by Crippen LogP contribution is -2.12. The van der Waals surface area contributed by atoms with Crippen molar-refractivity contribution in [1.29, 1.82) is 0 Å². The van der Waals surface area contributed by atoms with E-state index in [2.05, 4.69) is 36.6 Å². The summed E-state index contributed by atoms with van der Waals surface area (Å²) in [4.78, 5) is 0.171. The molecular formula is C11H10Br2N2O3S2. The maximum absolute atomic E-state index is 12.3. The first-order chi connectivity index (χ1) is 9.33. The number of benzene rings is 1. The molecule has 0 atom stereocenters. The van der Waals surface area contributed by atoms with Gasteiger partial charge in [0.1, 0.15) is 10.6 Å². The van der Waals surface area contributed by atoms with Gasteiger partial charge in [-0.1, -0.05) is 0 Å². The van der Waals surface area contributed by atoms with Gasteiger partial charge in [-0.25, -0.2) is 8.42 Å². The molecule has 9 heteroatoms. The van der Waals surface area contributed by atoms with Gasteiger partial charge in [0, 0.05) is 6.07 Å². The Kier molecular flexibility index (Phi) is 4.62. The predicted octanol–water partition coefficient (Wildman–Crippen LogP) is 3.66. The summed E-state index contributed by atoms with van der Waals surface area (Å²) in [7, 11) is -2.21. The summed E-state index contributed by atoms with van der Waals surface area (Å²) in [5.74, 6) is 0.413. The van der Waals surface area contributed by atoms with Gasteiger partial charge in [0.15, 0.2) is 0 Å². The largest absolute Gasteiger partial charge is 0.495 e. The normalized spacial score (nSPS) is 11.3. The Morgan fingerprint density at radius 2 is 2.00 bits per heavy atom. The van der Waals surface area contributed by atoms with E-state index in [0.717, 1.165) is 3.79 Å². The van der Waals surface area contributed by atoms with Crippen molar-refractivity contribution in [2.24, 2.45) is 0 Å². The molecule has 0 bridgehead atoms. The van der Waals surface area contributed by atoms with Gasteiger partial charge in [-0.2, -0.15) is 0 Å². The summed E-state index contributed by atoms with van der Waals surface area (Å²) in [5, 5.41) is 0. The zero-order chi connectivity index (χ0) is 14.9. The van der Waals surface area contributed by atoms with E-state index in [4.69, 9.17) is 10.5 Å². The van der Waals surface area contributed by atoms with Gasteiger partial charge >= 0.3 is 0 Å². The molecule has 108 valence electrons. The van der Waals surface area contributed by atoms with Crippen LogP contribution in [-0.4, -0.2) is 15.5 Å². The van der Waals surface area contributed by atoms with Crippen LogP contribution in [0.25, 0.3) is 0 Å². The number of nitrogen functional groups attached to an aromatic ring is 1. The van der Waals surface area contributed by atoms with E-state index in [-0.39, 0.29) is 4.90 Å². The Morgan fingerprint density at radius 1 is 1.30 bits per heavy atom. The van der Waals surface area contributed by atoms with E-state index in [1.54, 1.807) is 12.1 Å². The van der Waals surface area contributed by atoms with Crippen LogP contribution in [0.4, 0.5) is 11.4 Å². The second-order valence-corrected chi connectivity index (χ2v) is 9.15. The molecular weight excluding hydrogens is 432 g/mol. The number of halogens is 2. The molecule has 1 aromatic carbocycles. The molecule has 3 N–H and O–H groups in total. The summed E-state index contributed by atoms with van der Waals surface area (Å²) in [6, 6.07) is 6.22. The summed E-state index contributed by atoms with van der Waals surface area (Å²) in [6.45, 7) is 0. The minimum Gasteiger partial charge on any atom is -0.495 e. The highest BCUT2D eigenvalue weighted by Crippen LogP contribution is 2.36. The zero-order valence-electron chi connectivity index (χ0n) is 10.2. The molecule has 20 heavy (non-hydrogen) atoms. The number of hydrogen-bond donors (Lipinski definition) is 2. The molecule has 1 aromatic heterocycles. The van der Waals surface area contributed by atoms with E-state index in [9.17, 15) is 8.42 Å². The van der Waals surface area contributed by atoms with Crippen molar-refractivity contribution in [2.75, 3.05) is 17.6 Å². The highest BCUT2D eigenvalue weighted by atomic mass is 79.9. The van der Waals surface area contributed by atoms with Crippen LogP contribution < -0.4 is 15.2 Å². The molecule has 0 saturated carbocycles. The minimum atomic E-state index is -3.67. The Bertz CT molecular complexity index is 744. The zero-order valence-corrected chi connectivity index (χ0v) is 15.0. The second kappa shape index (κ2) is 5.92. The average Bonchev–Trinajstić information content (AvgIpc) is 2.71. The average molecular weight is 442 g/mol. The molecule has 2 aromatic rings. The fourth-order valence-corrected chi connectivity index (χ4v) is 6.36. The summed E-state index contributed by atoms with van der Waals surface area (Å²) >= 11 is 7.77. The fraction of sp³-hybridized carbons (Fsp3) is 0.0909. The summed E-state index contributed by atoms with van der Waals surface area (Å²) < 4.78 is 33.4. The number of thiophene rings is 1. The van der Waals surface area contributed by atoms with Gasteiger partial charge in [0.2, 0.25) is 0 Å². The number of nitrogens with one attached hydrogen (secondary N) is 1. The van der Waals surface area contributed by atoms with Crippen LogP contribution in [0.2, 0.25) is 0 Å². The van der Waals surface area contributed by atoms with Crippen LogP contribution in [0.1, 0.15) is 0 Å². The Morgan fingerprint density at radius 3 is 2.55 bits per heavy atom. The molecule has 0 amide bonds. The topological polar surface area (TPSA) is 81.4 Å². The third-order valence-corrected chi connectivity index (χ3v) is 6.54. The van der Waals surface area contributed by atoms with Crippen LogP contribution in [0.3, 0.4) is 0 Å². The Balaban J connectivity index is 2.36. The van der Waals surface area contributed by atoms with Crippen molar-refractivity contribution in [3.05, 3.63) is 31.8 Å². The number of methoxy groups -OCH3 is 1. The smallest absolute Gasteiger partial charge is 0.263 e. The highest BCUT2D eigenvalue weighted by molar-refractivity contribution is 9.12. The second-order valence-electron chi connectivity index (χ2n) is 3.75. The van der Waals surface area contributed by atoms with Crippen molar-refractivity contribution in [1.82, 2.24) is 0 Å². The number of nitrogens with two attached hydrogens (primary N) is 1. The lowest BCUT2D eigenvalue weighted by molar-refractivity contribution is 0.417. The standard InChI is InChI=1S/C11H10Br2N2O3S2/c1-18-8-4-6(2-3-7(8)14)15-20(16,17)9-5-10(12)19-11(9)13/h2-5,15H,14H2,1H3. The lowest BCUT2D eigenvalue weighted by Gasteiger charge is -2.10. The first kappa shape index (κ1) is 15.6. The van der Waals surface area contributed by atoms with Gasteiger partial charge in [0.05, 0.1) is 26.1 Å². The molecule has 5 nitrogen and oxygen atoms in total. The molecule has 2 rings (SSSR count). The first-order valence-corrected chi connectivity index (χ1v) is 9.13. The van der Waals surface area contributed by atoms with E-state index in [1.165, 1.54) is 30.6 Å². The van der Waals surface area contributed by atoms with Gasteiger partial charge in [-0.15, -0.1) is 11.3 Å². The van der Waals surface area contributed by atoms with E-state index < -0.39 is 10.0 Å². The van der Waals surface area contributed by atoms with E-state index in [0.29, 0.717) is 20.9 Å². The maximum Gasteiger partial charge on any atom is 0.263 e. The quantitative estimate of drug-likeness (QED) is 0.709. The van der Waals surface area contributed by atoms with Gasteiger partial charge in [-0.3, -0.25) is 4.72 Å². The van der Waals surface area contributed by atoms with Crippen molar-refractivity contribution < 1.29 is 13.2 Å². The molecule has 0 saturated heterocycles. The molecule has 0 radical (unpaired) electrons.